The maximum absolute atomic E-state index is 3.96. The number of aryl methyl sites for hydroxylation is 1. The Labute approximate surface area is 390 Å². The van der Waals surface area contributed by atoms with Crippen LogP contribution in [0.4, 0.5) is 34.1 Å². The third-order valence-electron chi connectivity index (χ3n) is 13.1. The maximum atomic E-state index is 3.96. The van der Waals surface area contributed by atoms with Crippen LogP contribution < -0.4 is 9.80 Å². The molecule has 0 atom stereocenters. The molecule has 0 spiro atoms. The van der Waals surface area contributed by atoms with E-state index in [2.05, 4.69) is 275 Å². The summed E-state index contributed by atoms with van der Waals surface area (Å²) < 4.78 is 4.74. The van der Waals surface area contributed by atoms with E-state index in [0.29, 0.717) is 0 Å². The van der Waals surface area contributed by atoms with Crippen molar-refractivity contribution in [1.29, 1.82) is 0 Å². The summed E-state index contributed by atoms with van der Waals surface area (Å²) in [6.45, 7) is 6.09. The summed E-state index contributed by atoms with van der Waals surface area (Å²) in [4.78, 5) is 4.71. The van der Waals surface area contributed by atoms with Crippen LogP contribution in [0.5, 0.6) is 0 Å². The van der Waals surface area contributed by atoms with Crippen LogP contribution in [0.25, 0.3) is 72.2 Å². The molecule has 67 heavy (non-hydrogen) atoms. The van der Waals surface area contributed by atoms with Gasteiger partial charge in [0.2, 0.25) is 0 Å². The second kappa shape index (κ2) is 16.6. The lowest BCUT2D eigenvalue weighted by molar-refractivity contribution is 1.17. The van der Waals surface area contributed by atoms with E-state index in [1.54, 1.807) is 0 Å². The molecule has 0 saturated heterocycles. The second-order valence-electron chi connectivity index (χ2n) is 17.2. The molecule has 2 aromatic heterocycles. The Morgan fingerprint density at radius 3 is 1.12 bits per heavy atom. The zero-order valence-electron chi connectivity index (χ0n) is 37.2. The van der Waals surface area contributed by atoms with Crippen LogP contribution >= 0.6 is 0 Å². The number of benzene rings is 10. The van der Waals surface area contributed by atoms with E-state index in [0.717, 1.165) is 62.2 Å². The van der Waals surface area contributed by atoms with Crippen LogP contribution in [-0.4, -0.2) is 9.13 Å². The van der Waals surface area contributed by atoms with E-state index >= 15 is 0 Å². The molecule has 10 aromatic carbocycles. The summed E-state index contributed by atoms with van der Waals surface area (Å²) in [5, 5.41) is 4.88. The van der Waals surface area contributed by atoms with Crippen LogP contribution in [0.2, 0.25) is 0 Å². The Kier molecular flexibility index (Phi) is 9.84. The van der Waals surface area contributed by atoms with Gasteiger partial charge in [0, 0.05) is 67.0 Å². The van der Waals surface area contributed by atoms with Crippen molar-refractivity contribution in [3.8, 4) is 22.5 Å². The first-order chi connectivity index (χ1) is 33.1. The van der Waals surface area contributed by atoms with Gasteiger partial charge in [-0.3, -0.25) is 0 Å². The molecule has 0 unspecified atom stereocenters. The quantitative estimate of drug-likeness (QED) is 0.136. The van der Waals surface area contributed by atoms with Crippen molar-refractivity contribution in [3.05, 3.63) is 260 Å². The molecule has 4 heteroatoms. The van der Waals surface area contributed by atoms with Gasteiger partial charge < -0.3 is 18.9 Å². The number of rotatable bonds is 10. The summed E-state index contributed by atoms with van der Waals surface area (Å²) >= 11 is 0. The number of nitrogens with zero attached hydrogens (tertiary/aromatic N) is 4. The van der Waals surface area contributed by atoms with Crippen LogP contribution in [0, 0.1) is 6.92 Å². The fourth-order valence-corrected chi connectivity index (χ4v) is 9.86. The highest BCUT2D eigenvalue weighted by Gasteiger charge is 2.20. The number of hydrogen-bond acceptors (Lipinski definition) is 2. The molecule has 0 N–H and O–H groups in total. The molecule has 0 amide bonds. The molecule has 0 fully saturated rings. The summed E-state index contributed by atoms with van der Waals surface area (Å²) in [6, 6.07) is 87.8. The molecule has 0 radical (unpaired) electrons. The van der Waals surface area contributed by atoms with Crippen LogP contribution in [0.15, 0.2) is 249 Å². The molecule has 12 aromatic rings. The minimum absolute atomic E-state index is 1.09. The van der Waals surface area contributed by atoms with Crippen molar-refractivity contribution >= 4 is 83.8 Å². The van der Waals surface area contributed by atoms with Gasteiger partial charge in [-0.05, 0) is 145 Å². The first kappa shape index (κ1) is 39.7. The molecule has 0 aliphatic rings. The summed E-state index contributed by atoms with van der Waals surface area (Å²) in [7, 11) is 0. The Hall–Kier alpha value is -8.86. The Bertz CT molecular complexity index is 3730. The molecule has 0 bridgehead atoms. The normalized spacial score (nSPS) is 11.4. The van der Waals surface area contributed by atoms with Gasteiger partial charge in [0.05, 0.1) is 22.1 Å². The third-order valence-corrected chi connectivity index (χ3v) is 13.1. The molecule has 318 valence electrons. The van der Waals surface area contributed by atoms with E-state index < -0.39 is 0 Å². The maximum Gasteiger partial charge on any atom is 0.0542 e. The lowest BCUT2D eigenvalue weighted by Crippen LogP contribution is -2.10. The van der Waals surface area contributed by atoms with Crippen LogP contribution in [0.3, 0.4) is 0 Å². The van der Waals surface area contributed by atoms with E-state index in [1.165, 1.54) is 49.2 Å². The highest BCUT2D eigenvalue weighted by Crippen LogP contribution is 2.42. The minimum atomic E-state index is 1.09. The standard InChI is InChI=1S/C63H46N4/c1-3-45-24-32-53(33-25-45)67-61-21-13-11-19-57(61)59-43-55(39-41-63(59)67)65(49-16-8-5-9-17-49)51-36-28-47(29-37-51)46-26-34-50(35-27-46)64(48-14-6-4-7-15-48)54-38-40-62-58(42-54)56-18-10-12-20-60(56)66(62)52-30-22-44(2)23-31-52/h3-43H,1H2,2H3. The van der Waals surface area contributed by atoms with Crippen molar-refractivity contribution in [2.75, 3.05) is 9.80 Å². The monoisotopic (exact) mass is 858 g/mol. The second-order valence-corrected chi connectivity index (χ2v) is 17.2. The molecular weight excluding hydrogens is 813 g/mol. The first-order valence-electron chi connectivity index (χ1n) is 22.9. The highest BCUT2D eigenvalue weighted by molar-refractivity contribution is 6.12. The molecule has 0 aliphatic heterocycles. The number of aromatic nitrogens is 2. The van der Waals surface area contributed by atoms with Crippen molar-refractivity contribution in [2.45, 2.75) is 6.92 Å². The number of para-hydroxylation sites is 4. The SMILES string of the molecule is C=Cc1ccc(-n2c3ccccc3c3cc(N(c4ccccc4)c4ccc(-c5ccc(N(c6ccccc6)c6ccc7c(c6)c6ccccc6n7-c6ccc(C)cc6)cc5)cc4)ccc32)cc1. The Morgan fingerprint density at radius 2 is 0.687 bits per heavy atom. The molecule has 2 heterocycles. The first-order valence-corrected chi connectivity index (χ1v) is 22.9. The lowest BCUT2D eigenvalue weighted by atomic mass is 10.0. The molecule has 4 nitrogen and oxygen atoms in total. The molecular formula is C63H46N4. The fraction of sp³-hybridized carbons (Fsp3) is 0.0159. The van der Waals surface area contributed by atoms with Gasteiger partial charge >= 0.3 is 0 Å². The van der Waals surface area contributed by atoms with E-state index in [4.69, 9.17) is 0 Å². The van der Waals surface area contributed by atoms with Gasteiger partial charge in [0.1, 0.15) is 0 Å². The Balaban J connectivity index is 0.896. The molecule has 12 rings (SSSR count). The van der Waals surface area contributed by atoms with Crippen molar-refractivity contribution < 1.29 is 0 Å². The minimum Gasteiger partial charge on any atom is -0.310 e. The van der Waals surface area contributed by atoms with Gasteiger partial charge in [-0.15, -0.1) is 0 Å². The van der Waals surface area contributed by atoms with Crippen LogP contribution in [0.1, 0.15) is 11.1 Å². The smallest absolute Gasteiger partial charge is 0.0542 e. The van der Waals surface area contributed by atoms with Crippen molar-refractivity contribution in [1.82, 2.24) is 9.13 Å². The zero-order valence-corrected chi connectivity index (χ0v) is 37.2. The summed E-state index contributed by atoms with van der Waals surface area (Å²) in [5.41, 5.74) is 18.3. The van der Waals surface area contributed by atoms with Gasteiger partial charge in [0.15, 0.2) is 0 Å². The van der Waals surface area contributed by atoms with E-state index in [-0.39, 0.29) is 0 Å². The highest BCUT2D eigenvalue weighted by atomic mass is 15.1. The van der Waals surface area contributed by atoms with Crippen molar-refractivity contribution in [2.24, 2.45) is 0 Å². The topological polar surface area (TPSA) is 16.3 Å². The lowest BCUT2D eigenvalue weighted by Gasteiger charge is -2.26. The molecule has 0 saturated carbocycles. The third kappa shape index (κ3) is 7.04. The zero-order chi connectivity index (χ0) is 44.8. The largest absolute Gasteiger partial charge is 0.310 e. The fourth-order valence-electron chi connectivity index (χ4n) is 9.86. The number of fused-ring (bicyclic) bond motifs is 6. The Morgan fingerprint density at radius 1 is 0.328 bits per heavy atom. The molecule has 0 aliphatic carbocycles. The summed E-state index contributed by atoms with van der Waals surface area (Å²) in [6.07, 6.45) is 1.89. The summed E-state index contributed by atoms with van der Waals surface area (Å²) in [5.74, 6) is 0. The van der Waals surface area contributed by atoms with Crippen LogP contribution in [-0.2, 0) is 0 Å². The van der Waals surface area contributed by atoms with E-state index in [1.807, 2.05) is 6.08 Å². The van der Waals surface area contributed by atoms with Gasteiger partial charge in [0.25, 0.3) is 0 Å². The van der Waals surface area contributed by atoms with Gasteiger partial charge in [-0.25, -0.2) is 0 Å². The number of hydrogen-bond donors (Lipinski definition) is 0. The average Bonchev–Trinajstić information content (AvgIpc) is 3.90. The average molecular weight is 859 g/mol. The number of anilines is 6. The predicted octanol–water partition coefficient (Wildman–Crippen LogP) is 17.4. The predicted molar refractivity (Wildman–Crippen MR) is 285 cm³/mol. The van der Waals surface area contributed by atoms with E-state index in [9.17, 15) is 0 Å². The van der Waals surface area contributed by atoms with Crippen molar-refractivity contribution in [3.63, 3.8) is 0 Å². The van der Waals surface area contributed by atoms with Gasteiger partial charge in [-0.1, -0.05) is 140 Å². The van der Waals surface area contributed by atoms with Gasteiger partial charge in [-0.2, -0.15) is 0 Å².